The third-order valence-electron chi connectivity index (χ3n) is 4.67. The second-order valence-electron chi connectivity index (χ2n) is 6.53. The molecule has 0 amide bonds. The van der Waals surface area contributed by atoms with Crippen LogP contribution in [0, 0.1) is 5.92 Å². The van der Waals surface area contributed by atoms with E-state index in [1.165, 1.54) is 0 Å². The molecular weight excluding hydrogens is 352 g/mol. The summed E-state index contributed by atoms with van der Waals surface area (Å²) in [6.07, 6.45) is 2.13. The molecule has 0 aromatic heterocycles. The molecular formula is C20H28O7. The average molecular weight is 380 g/mol. The first-order valence-corrected chi connectivity index (χ1v) is 9.35. The lowest BCUT2D eigenvalue weighted by Crippen LogP contribution is -2.51. The number of rotatable bonds is 11. The molecule has 0 saturated heterocycles. The predicted octanol–water partition coefficient (Wildman–Crippen LogP) is 1.36. The Morgan fingerprint density at radius 2 is 1.67 bits per heavy atom. The molecule has 2 unspecified atom stereocenters. The number of Topliss-reactive ketones (excluding diaryl/α,β-unsaturated/α-hetero) is 1. The van der Waals surface area contributed by atoms with E-state index in [4.69, 9.17) is 19.3 Å². The second kappa shape index (κ2) is 11.1. The molecule has 1 aromatic rings. The van der Waals surface area contributed by atoms with E-state index >= 15 is 0 Å². The van der Waals surface area contributed by atoms with Gasteiger partial charge in [-0.2, -0.15) is 0 Å². The second-order valence-corrected chi connectivity index (χ2v) is 6.53. The maximum atomic E-state index is 12.8. The smallest absolute Gasteiger partial charge is 0.312 e. The number of carbonyl (C=O) groups is 2. The van der Waals surface area contributed by atoms with Gasteiger partial charge in [-0.3, -0.25) is 9.59 Å². The van der Waals surface area contributed by atoms with Crippen LogP contribution in [0.25, 0.3) is 0 Å². The molecule has 1 aromatic carbocycles. The summed E-state index contributed by atoms with van der Waals surface area (Å²) in [5.74, 6) is -1.87. The maximum Gasteiger partial charge on any atom is 0.312 e. The molecule has 1 fully saturated rings. The number of carbonyl (C=O) groups excluding carboxylic acids is 2. The quantitative estimate of drug-likeness (QED) is 0.339. The molecule has 150 valence electrons. The van der Waals surface area contributed by atoms with Crippen molar-refractivity contribution < 1.29 is 34.0 Å². The molecule has 1 saturated carbocycles. The van der Waals surface area contributed by atoms with Crippen molar-refractivity contribution in [3.05, 3.63) is 35.9 Å². The number of aliphatic hydroxyl groups is 2. The molecule has 1 aliphatic rings. The zero-order chi connectivity index (χ0) is 19.5. The Morgan fingerprint density at radius 1 is 1.00 bits per heavy atom. The Balaban J connectivity index is 1.85. The highest BCUT2D eigenvalue weighted by atomic mass is 16.6. The molecule has 0 bridgehead atoms. The Labute approximate surface area is 159 Å². The van der Waals surface area contributed by atoms with Crippen molar-refractivity contribution in [2.24, 2.45) is 5.92 Å². The Bertz CT molecular complexity index is 589. The third kappa shape index (κ3) is 6.10. The molecule has 0 spiro atoms. The van der Waals surface area contributed by atoms with E-state index in [1.54, 1.807) is 30.3 Å². The maximum absolute atomic E-state index is 12.8. The van der Waals surface area contributed by atoms with E-state index in [-0.39, 0.29) is 32.8 Å². The summed E-state index contributed by atoms with van der Waals surface area (Å²) in [5.41, 5.74) is -1.33. The van der Waals surface area contributed by atoms with Crippen molar-refractivity contribution in [2.75, 3.05) is 39.6 Å². The van der Waals surface area contributed by atoms with Crippen molar-refractivity contribution in [1.82, 2.24) is 0 Å². The molecule has 0 heterocycles. The van der Waals surface area contributed by atoms with Crippen LogP contribution in [0.15, 0.2) is 30.3 Å². The number of ether oxygens (including phenoxy) is 3. The van der Waals surface area contributed by atoms with Gasteiger partial charge in [-0.05, 0) is 12.8 Å². The van der Waals surface area contributed by atoms with Crippen LogP contribution >= 0.6 is 0 Å². The van der Waals surface area contributed by atoms with Crippen LogP contribution in [-0.4, -0.2) is 67.2 Å². The molecule has 7 heteroatoms. The summed E-state index contributed by atoms with van der Waals surface area (Å²) in [7, 11) is 0. The van der Waals surface area contributed by atoms with Crippen LogP contribution in [-0.2, 0) is 19.0 Å². The molecule has 2 N–H and O–H groups in total. The first kappa shape index (κ1) is 21.5. The van der Waals surface area contributed by atoms with Crippen LogP contribution in [0.4, 0.5) is 0 Å². The Kier molecular flexibility index (Phi) is 8.87. The van der Waals surface area contributed by atoms with Crippen LogP contribution < -0.4 is 0 Å². The molecule has 1 aliphatic carbocycles. The van der Waals surface area contributed by atoms with Gasteiger partial charge in [-0.15, -0.1) is 0 Å². The predicted molar refractivity (Wildman–Crippen MR) is 97.4 cm³/mol. The number of aliphatic hydroxyl groups excluding tert-OH is 1. The number of esters is 1. The van der Waals surface area contributed by atoms with Gasteiger partial charge in [0.25, 0.3) is 0 Å². The number of hydrogen-bond acceptors (Lipinski definition) is 7. The SMILES string of the molecule is O=C(OCCOCCOCCO)C1CCCCC1(O)C(=O)c1ccccc1. The van der Waals surface area contributed by atoms with Crippen LogP contribution in [0.3, 0.4) is 0 Å². The lowest BCUT2D eigenvalue weighted by atomic mass is 9.71. The highest BCUT2D eigenvalue weighted by molar-refractivity contribution is 6.04. The van der Waals surface area contributed by atoms with Crippen molar-refractivity contribution in [3.8, 4) is 0 Å². The van der Waals surface area contributed by atoms with Gasteiger partial charge in [-0.25, -0.2) is 0 Å². The van der Waals surface area contributed by atoms with Gasteiger partial charge in [0.2, 0.25) is 0 Å². The third-order valence-corrected chi connectivity index (χ3v) is 4.67. The molecule has 2 rings (SSSR count). The number of ketones is 1. The summed E-state index contributed by atoms with van der Waals surface area (Å²) in [4.78, 5) is 25.3. The van der Waals surface area contributed by atoms with Gasteiger partial charge in [0.15, 0.2) is 5.78 Å². The number of benzene rings is 1. The minimum absolute atomic E-state index is 0.0381. The largest absolute Gasteiger partial charge is 0.463 e. The monoisotopic (exact) mass is 380 g/mol. The minimum atomic E-state index is -1.73. The average Bonchev–Trinajstić information content (AvgIpc) is 2.70. The van der Waals surface area contributed by atoms with Crippen LogP contribution in [0.1, 0.15) is 36.0 Å². The zero-order valence-electron chi connectivity index (χ0n) is 15.5. The molecule has 0 radical (unpaired) electrons. The summed E-state index contributed by atoms with van der Waals surface area (Å²) in [6.45, 7) is 1.15. The van der Waals surface area contributed by atoms with Crippen LogP contribution in [0.5, 0.6) is 0 Å². The zero-order valence-corrected chi connectivity index (χ0v) is 15.5. The summed E-state index contributed by atoms with van der Waals surface area (Å²) in [6, 6.07) is 8.54. The highest BCUT2D eigenvalue weighted by Crippen LogP contribution is 2.37. The fraction of sp³-hybridized carbons (Fsp3) is 0.600. The van der Waals surface area contributed by atoms with Crippen molar-refractivity contribution in [3.63, 3.8) is 0 Å². The van der Waals surface area contributed by atoms with E-state index in [1.807, 2.05) is 0 Å². The standard InChI is InChI=1S/C20H28O7/c21-10-11-25-12-13-26-14-15-27-19(23)17-8-4-5-9-20(17,24)18(22)16-6-2-1-3-7-16/h1-3,6-7,17,21,24H,4-5,8-15H2. The van der Waals surface area contributed by atoms with Gasteiger partial charge >= 0.3 is 5.97 Å². The van der Waals surface area contributed by atoms with E-state index in [0.29, 0.717) is 31.6 Å². The van der Waals surface area contributed by atoms with Gasteiger partial charge in [0.1, 0.15) is 12.2 Å². The minimum Gasteiger partial charge on any atom is -0.463 e. The van der Waals surface area contributed by atoms with E-state index in [9.17, 15) is 14.7 Å². The van der Waals surface area contributed by atoms with E-state index < -0.39 is 23.3 Å². The van der Waals surface area contributed by atoms with Gasteiger partial charge in [0, 0.05) is 5.56 Å². The van der Waals surface area contributed by atoms with E-state index in [0.717, 1.165) is 6.42 Å². The molecule has 2 atom stereocenters. The highest BCUT2D eigenvalue weighted by Gasteiger charge is 2.49. The summed E-state index contributed by atoms with van der Waals surface area (Å²) in [5, 5.41) is 19.6. The first-order chi connectivity index (χ1) is 13.1. The van der Waals surface area contributed by atoms with Gasteiger partial charge in [-0.1, -0.05) is 43.2 Å². The normalized spacial score (nSPS) is 22.4. The van der Waals surface area contributed by atoms with Gasteiger partial charge in [0.05, 0.1) is 39.0 Å². The van der Waals surface area contributed by atoms with E-state index in [2.05, 4.69) is 0 Å². The lowest BCUT2D eigenvalue weighted by Gasteiger charge is -2.37. The van der Waals surface area contributed by atoms with Crippen molar-refractivity contribution in [1.29, 1.82) is 0 Å². The Hall–Kier alpha value is -1.80. The van der Waals surface area contributed by atoms with Crippen molar-refractivity contribution in [2.45, 2.75) is 31.3 Å². The first-order valence-electron chi connectivity index (χ1n) is 9.35. The molecule has 0 aliphatic heterocycles. The Morgan fingerprint density at radius 3 is 2.37 bits per heavy atom. The lowest BCUT2D eigenvalue weighted by molar-refractivity contribution is -0.160. The fourth-order valence-corrected chi connectivity index (χ4v) is 3.27. The molecule has 7 nitrogen and oxygen atoms in total. The molecule has 27 heavy (non-hydrogen) atoms. The number of hydrogen-bond donors (Lipinski definition) is 2. The summed E-state index contributed by atoms with van der Waals surface area (Å²) >= 11 is 0. The summed E-state index contributed by atoms with van der Waals surface area (Å²) < 4.78 is 15.6. The van der Waals surface area contributed by atoms with Gasteiger partial charge < -0.3 is 24.4 Å². The van der Waals surface area contributed by atoms with Crippen LogP contribution in [0.2, 0.25) is 0 Å². The fourth-order valence-electron chi connectivity index (χ4n) is 3.27. The topological polar surface area (TPSA) is 102 Å². The van der Waals surface area contributed by atoms with Crippen molar-refractivity contribution >= 4 is 11.8 Å².